The summed E-state index contributed by atoms with van der Waals surface area (Å²) in [6.07, 6.45) is -8.95. The van der Waals surface area contributed by atoms with Crippen molar-refractivity contribution in [3.8, 4) is 0 Å². The minimum atomic E-state index is -5.07. The molecule has 0 unspecified atom stereocenters. The van der Waals surface area contributed by atoms with E-state index >= 15 is 0 Å². The van der Waals surface area contributed by atoms with Crippen molar-refractivity contribution in [3.05, 3.63) is 64.7 Å². The van der Waals surface area contributed by atoms with Gasteiger partial charge in [0.05, 0.1) is 23.6 Å². The average Bonchev–Trinajstić information content (AvgIpc) is 3.13. The first-order valence-corrected chi connectivity index (χ1v) is 18.2. The van der Waals surface area contributed by atoms with Crippen molar-refractivity contribution in [1.29, 1.82) is 0 Å². The van der Waals surface area contributed by atoms with Gasteiger partial charge in [-0.2, -0.15) is 26.3 Å². The fourth-order valence-electron chi connectivity index (χ4n) is 8.14. The number of nitrogens with zero attached hydrogens (tertiary/aromatic N) is 5. The molecule has 1 atom stereocenters. The minimum Gasteiger partial charge on any atom is -0.480 e. The van der Waals surface area contributed by atoms with E-state index in [0.29, 0.717) is 83.6 Å². The van der Waals surface area contributed by atoms with Crippen molar-refractivity contribution in [3.63, 3.8) is 0 Å². The molecular weight excluding hydrogens is 722 g/mol. The molecule has 0 aromatic heterocycles. The highest BCUT2D eigenvalue weighted by atomic mass is 19.4. The molecule has 0 radical (unpaired) electrons. The van der Waals surface area contributed by atoms with Crippen LogP contribution in [0.1, 0.15) is 54.4 Å². The standard InChI is InChI=1S/C37H44F6N6O5/c38-36(39,40)27-18-24(19-28(21-27)37(41,42)43)17-26(34(53)48-11-5-29(6-12-48)46-15-13-45(14-16-46)23-33(51)52)20-32(50)47-9-7-30(8-10-47)49-22-25-3-1-2-4-31(25)44-35(49)54/h1-4,18-19,21,26,29-30H,5-17,20,22-23H2,(H,44,54)(H,51,52)/t26-/m1/s1. The Kier molecular flexibility index (Phi) is 11.8. The second kappa shape index (κ2) is 16.2. The number of fused-ring (bicyclic) bond motifs is 1. The predicted molar refractivity (Wildman–Crippen MR) is 184 cm³/mol. The summed E-state index contributed by atoms with van der Waals surface area (Å²) in [5.41, 5.74) is -1.61. The van der Waals surface area contributed by atoms with E-state index in [-0.39, 0.29) is 49.4 Å². The predicted octanol–water partition coefficient (Wildman–Crippen LogP) is 5.00. The summed E-state index contributed by atoms with van der Waals surface area (Å²) in [5.74, 6) is -3.04. The van der Waals surface area contributed by atoms with Gasteiger partial charge in [-0.15, -0.1) is 0 Å². The van der Waals surface area contributed by atoms with Crippen molar-refractivity contribution in [2.75, 3.05) is 64.2 Å². The van der Waals surface area contributed by atoms with Gasteiger partial charge in [0.2, 0.25) is 11.8 Å². The molecule has 11 nitrogen and oxygen atoms in total. The first-order chi connectivity index (χ1) is 25.5. The van der Waals surface area contributed by atoms with E-state index in [1.54, 1.807) is 14.7 Å². The van der Waals surface area contributed by atoms with Crippen molar-refractivity contribution in [2.45, 2.75) is 69.5 Å². The number of piperidine rings is 2. The molecule has 6 rings (SSSR count). The van der Waals surface area contributed by atoms with Crippen LogP contribution in [-0.4, -0.2) is 124 Å². The van der Waals surface area contributed by atoms with E-state index in [4.69, 9.17) is 5.11 Å². The first-order valence-electron chi connectivity index (χ1n) is 18.2. The van der Waals surface area contributed by atoms with Gasteiger partial charge in [0.15, 0.2) is 0 Å². The number of anilines is 1. The number of benzene rings is 2. The number of amides is 4. The number of hydrogen-bond donors (Lipinski definition) is 2. The van der Waals surface area contributed by atoms with E-state index in [2.05, 4.69) is 10.2 Å². The molecule has 2 N–H and O–H groups in total. The summed E-state index contributed by atoms with van der Waals surface area (Å²) in [7, 11) is 0. The van der Waals surface area contributed by atoms with Crippen LogP contribution in [0.5, 0.6) is 0 Å². The third kappa shape index (κ3) is 9.46. The summed E-state index contributed by atoms with van der Waals surface area (Å²) in [6.45, 7) is 3.99. The number of alkyl halides is 6. The highest BCUT2D eigenvalue weighted by Crippen LogP contribution is 2.37. The largest absolute Gasteiger partial charge is 0.480 e. The van der Waals surface area contributed by atoms with Crippen molar-refractivity contribution < 1.29 is 50.6 Å². The third-order valence-corrected chi connectivity index (χ3v) is 11.1. The van der Waals surface area contributed by atoms with Gasteiger partial charge in [0.25, 0.3) is 0 Å². The van der Waals surface area contributed by atoms with Crippen LogP contribution in [0.3, 0.4) is 0 Å². The smallest absolute Gasteiger partial charge is 0.416 e. The molecule has 4 aliphatic rings. The zero-order chi connectivity index (χ0) is 38.8. The van der Waals surface area contributed by atoms with Gasteiger partial charge in [-0.1, -0.05) is 18.2 Å². The quantitative estimate of drug-likeness (QED) is 0.345. The number of carbonyl (C=O) groups excluding carboxylic acids is 3. The summed E-state index contributed by atoms with van der Waals surface area (Å²) < 4.78 is 82.5. The van der Waals surface area contributed by atoms with Crippen molar-refractivity contribution >= 4 is 29.5 Å². The Bertz CT molecular complexity index is 1670. The Morgan fingerprint density at radius 2 is 1.35 bits per heavy atom. The van der Waals surface area contributed by atoms with Crippen LogP contribution in [0.4, 0.5) is 36.8 Å². The van der Waals surface area contributed by atoms with Crippen molar-refractivity contribution in [1.82, 2.24) is 24.5 Å². The third-order valence-electron chi connectivity index (χ3n) is 11.1. The van der Waals surface area contributed by atoms with Crippen LogP contribution in [0, 0.1) is 5.92 Å². The number of carbonyl (C=O) groups is 4. The monoisotopic (exact) mass is 766 g/mol. The van der Waals surface area contributed by atoms with Gasteiger partial charge < -0.3 is 25.1 Å². The highest BCUT2D eigenvalue weighted by Gasteiger charge is 2.39. The second-order valence-corrected chi connectivity index (χ2v) is 14.6. The molecule has 17 heteroatoms. The lowest BCUT2D eigenvalue weighted by molar-refractivity contribution is -0.143. The molecule has 4 amide bonds. The molecule has 2 aromatic rings. The lowest BCUT2D eigenvalue weighted by atomic mass is 9.90. The van der Waals surface area contributed by atoms with Gasteiger partial charge in [-0.05, 0) is 67.5 Å². The molecule has 2 aromatic carbocycles. The Morgan fingerprint density at radius 3 is 1.94 bits per heavy atom. The number of likely N-dealkylation sites (tertiary alicyclic amines) is 2. The molecule has 0 aliphatic carbocycles. The zero-order valence-corrected chi connectivity index (χ0v) is 29.7. The topological polar surface area (TPSA) is 117 Å². The first kappa shape index (κ1) is 39.3. The second-order valence-electron chi connectivity index (χ2n) is 14.6. The van der Waals surface area contributed by atoms with E-state index in [9.17, 15) is 45.5 Å². The summed E-state index contributed by atoms with van der Waals surface area (Å²) in [4.78, 5) is 60.7. The van der Waals surface area contributed by atoms with E-state index in [1.165, 1.54) is 0 Å². The van der Waals surface area contributed by atoms with Crippen LogP contribution in [-0.2, 0) is 39.7 Å². The molecule has 3 fully saturated rings. The number of aliphatic carboxylic acids is 1. The number of carboxylic acids is 1. The normalized spacial score (nSPS) is 20.4. The lowest BCUT2D eigenvalue weighted by Crippen LogP contribution is -2.55. The van der Waals surface area contributed by atoms with Crippen LogP contribution >= 0.6 is 0 Å². The number of nitrogens with one attached hydrogen (secondary N) is 1. The maximum Gasteiger partial charge on any atom is 0.416 e. The Balaban J connectivity index is 1.13. The number of halogens is 6. The maximum absolute atomic E-state index is 14.1. The van der Waals surface area contributed by atoms with Crippen LogP contribution in [0.25, 0.3) is 0 Å². The molecule has 54 heavy (non-hydrogen) atoms. The number of carboxylic acid groups (broad SMARTS) is 1. The summed E-state index contributed by atoms with van der Waals surface area (Å²) in [5, 5.41) is 12.0. The molecule has 0 bridgehead atoms. The summed E-state index contributed by atoms with van der Waals surface area (Å²) in [6, 6.07) is 8.45. The van der Waals surface area contributed by atoms with Gasteiger partial charge >= 0.3 is 24.4 Å². The molecule has 3 saturated heterocycles. The molecule has 4 heterocycles. The Hall–Kier alpha value is -4.38. The minimum absolute atomic E-state index is 0.0418. The van der Waals surface area contributed by atoms with Crippen LogP contribution in [0.15, 0.2) is 42.5 Å². The molecular formula is C37H44F6N6O5. The zero-order valence-electron chi connectivity index (χ0n) is 29.7. The Morgan fingerprint density at radius 1 is 0.778 bits per heavy atom. The number of piperazine rings is 1. The van der Waals surface area contributed by atoms with Gasteiger partial charge in [-0.3, -0.25) is 24.2 Å². The fraction of sp³-hybridized carbons (Fsp3) is 0.568. The number of para-hydroxylation sites is 1. The molecule has 0 saturated carbocycles. The molecule has 294 valence electrons. The fourth-order valence-corrected chi connectivity index (χ4v) is 8.14. The number of urea groups is 1. The SMILES string of the molecule is O=C(O)CN1CCN(C2CCN(C(=O)[C@@H](CC(=O)N3CCC(N4Cc5ccccc5NC4=O)CC3)Cc3cc(C(F)(F)F)cc(C(F)(F)F)c3)CC2)CC1. The van der Waals surface area contributed by atoms with E-state index < -0.39 is 60.0 Å². The van der Waals surface area contributed by atoms with Crippen LogP contribution < -0.4 is 5.32 Å². The number of hydrogen-bond acceptors (Lipinski definition) is 6. The van der Waals surface area contributed by atoms with Gasteiger partial charge in [0.1, 0.15) is 0 Å². The van der Waals surface area contributed by atoms with Gasteiger partial charge in [-0.25, -0.2) is 4.79 Å². The number of rotatable bonds is 9. The molecule has 4 aliphatic heterocycles. The summed E-state index contributed by atoms with van der Waals surface area (Å²) >= 11 is 0. The highest BCUT2D eigenvalue weighted by molar-refractivity contribution is 5.92. The van der Waals surface area contributed by atoms with E-state index in [0.717, 1.165) is 11.3 Å². The molecule has 0 spiro atoms. The van der Waals surface area contributed by atoms with Crippen molar-refractivity contribution in [2.24, 2.45) is 5.92 Å². The van der Waals surface area contributed by atoms with E-state index in [1.807, 2.05) is 29.2 Å². The van der Waals surface area contributed by atoms with Gasteiger partial charge in [0, 0.05) is 83.1 Å². The lowest BCUT2D eigenvalue weighted by Gasteiger charge is -2.43. The van der Waals surface area contributed by atoms with Crippen LogP contribution in [0.2, 0.25) is 0 Å². The Labute approximate surface area is 308 Å². The average molecular weight is 767 g/mol. The maximum atomic E-state index is 14.1.